The normalized spacial score (nSPS) is 18.0. The quantitative estimate of drug-likeness (QED) is 0.551. The molecule has 0 aromatic heterocycles. The number of halogens is 1. The van der Waals surface area contributed by atoms with Crippen LogP contribution in [-0.2, 0) is 0 Å². The molecule has 0 radical (unpaired) electrons. The summed E-state index contributed by atoms with van der Waals surface area (Å²) < 4.78 is 4.99. The second-order valence-electron chi connectivity index (χ2n) is 5.86. The number of amidine groups is 1. The van der Waals surface area contributed by atoms with Crippen molar-refractivity contribution in [2.75, 3.05) is 13.7 Å². The first-order chi connectivity index (χ1) is 12.9. The van der Waals surface area contributed by atoms with Crippen LogP contribution < -0.4 is 4.74 Å². The molecule has 0 unspecified atom stereocenters. The molecule has 1 fully saturated rings. The Balaban J connectivity index is 1.93. The monoisotopic (exact) mass is 405 g/mol. The maximum absolute atomic E-state index is 13.0. The molecule has 9 heteroatoms. The van der Waals surface area contributed by atoms with Gasteiger partial charge in [0.25, 0.3) is 5.91 Å². The van der Waals surface area contributed by atoms with E-state index in [0.717, 1.165) is 0 Å². The average Bonchev–Trinajstić information content (AvgIpc) is 3.02. The first-order valence-corrected chi connectivity index (χ1v) is 9.30. The molecule has 0 aliphatic carbocycles. The van der Waals surface area contributed by atoms with Crippen molar-refractivity contribution in [2.45, 2.75) is 12.2 Å². The van der Waals surface area contributed by atoms with Crippen molar-refractivity contribution in [1.29, 1.82) is 0 Å². The third-order valence-electron chi connectivity index (χ3n) is 3.90. The fourth-order valence-electron chi connectivity index (χ4n) is 2.62. The van der Waals surface area contributed by atoms with E-state index >= 15 is 0 Å². The Labute approximate surface area is 165 Å². The van der Waals surface area contributed by atoms with Gasteiger partial charge in [0.1, 0.15) is 0 Å². The van der Waals surface area contributed by atoms with Crippen LogP contribution in [0.3, 0.4) is 0 Å². The molecule has 7 nitrogen and oxygen atoms in total. The average molecular weight is 406 g/mol. The highest BCUT2D eigenvalue weighted by molar-refractivity contribution is 8.14. The van der Waals surface area contributed by atoms with Crippen LogP contribution in [0.1, 0.15) is 17.3 Å². The minimum Gasteiger partial charge on any atom is -0.490 e. The van der Waals surface area contributed by atoms with Gasteiger partial charge in [-0.1, -0.05) is 30.3 Å². The van der Waals surface area contributed by atoms with Crippen LogP contribution in [0.5, 0.6) is 5.75 Å². The van der Waals surface area contributed by atoms with Crippen molar-refractivity contribution >= 4 is 45.8 Å². The minimum atomic E-state index is -0.570. The van der Waals surface area contributed by atoms with Crippen molar-refractivity contribution in [2.24, 2.45) is 4.99 Å². The predicted octanol–water partition coefficient (Wildman–Crippen LogP) is 4.52. The number of amides is 1. The van der Waals surface area contributed by atoms with Crippen LogP contribution in [0, 0.1) is 10.1 Å². The lowest BCUT2D eigenvalue weighted by molar-refractivity contribution is -0.385. The highest BCUT2D eigenvalue weighted by Crippen LogP contribution is 2.32. The topological polar surface area (TPSA) is 85.0 Å². The lowest BCUT2D eigenvalue weighted by Gasteiger charge is -2.16. The number of benzene rings is 2. The molecular weight excluding hydrogens is 390 g/mol. The Morgan fingerprint density at radius 3 is 2.67 bits per heavy atom. The summed E-state index contributed by atoms with van der Waals surface area (Å²) in [6.07, 6.45) is 0. The van der Waals surface area contributed by atoms with Crippen LogP contribution in [0.25, 0.3) is 0 Å². The molecule has 0 saturated carbocycles. The molecule has 1 heterocycles. The third kappa shape index (κ3) is 4.23. The number of nitro groups is 1. The number of carbonyl (C=O) groups is 1. The van der Waals surface area contributed by atoms with Gasteiger partial charge in [-0.05, 0) is 36.4 Å². The second-order valence-corrected chi connectivity index (χ2v) is 7.70. The fraction of sp³-hybridized carbons (Fsp3) is 0.222. The molecule has 1 amide bonds. The molecule has 1 aliphatic heterocycles. The molecular formula is C18H16ClN3O4S. The van der Waals surface area contributed by atoms with E-state index < -0.39 is 4.92 Å². The van der Waals surface area contributed by atoms with E-state index in [2.05, 4.69) is 4.99 Å². The van der Waals surface area contributed by atoms with E-state index in [1.54, 1.807) is 24.3 Å². The molecule has 2 aromatic carbocycles. The van der Waals surface area contributed by atoms with Crippen molar-refractivity contribution in [1.82, 2.24) is 4.90 Å². The third-order valence-corrected chi connectivity index (χ3v) is 5.22. The second kappa shape index (κ2) is 7.98. The highest BCUT2D eigenvalue weighted by atomic mass is 35.5. The number of carbonyl (C=O) groups excluding carboxylic acids is 1. The maximum Gasteiger partial charge on any atom is 0.311 e. The molecule has 1 saturated heterocycles. The summed E-state index contributed by atoms with van der Waals surface area (Å²) in [6, 6.07) is 11.1. The van der Waals surface area contributed by atoms with Gasteiger partial charge < -0.3 is 4.74 Å². The summed E-state index contributed by atoms with van der Waals surface area (Å²) in [5.74, 6) is -0.235. The summed E-state index contributed by atoms with van der Waals surface area (Å²) >= 11 is 7.37. The number of hydrogen-bond acceptors (Lipinski definition) is 6. The van der Waals surface area contributed by atoms with E-state index in [1.807, 2.05) is 6.92 Å². The van der Waals surface area contributed by atoms with Gasteiger partial charge in [0.15, 0.2) is 10.9 Å². The molecule has 3 rings (SSSR count). The Bertz CT molecular complexity index is 917. The Hall–Kier alpha value is -2.58. The highest BCUT2D eigenvalue weighted by Gasteiger charge is 2.32. The van der Waals surface area contributed by atoms with Gasteiger partial charge in [-0.25, -0.2) is 4.99 Å². The van der Waals surface area contributed by atoms with Gasteiger partial charge in [-0.15, -0.1) is 0 Å². The number of thioether (sulfide) groups is 1. The van der Waals surface area contributed by atoms with Crippen molar-refractivity contribution in [3.8, 4) is 5.75 Å². The SMILES string of the molecule is COc1ccc(C(=O)N2C[C@H](C)SC2=Nc2ccc(Cl)cc2)cc1[N+](=O)[O-]. The lowest BCUT2D eigenvalue weighted by Crippen LogP contribution is -2.32. The summed E-state index contributed by atoms with van der Waals surface area (Å²) in [6.45, 7) is 2.46. The first-order valence-electron chi connectivity index (χ1n) is 8.04. The summed E-state index contributed by atoms with van der Waals surface area (Å²) in [5, 5.41) is 12.5. The number of aliphatic imine (C=N–C) groups is 1. The number of nitro benzene ring substituents is 1. The van der Waals surface area contributed by atoms with E-state index in [0.29, 0.717) is 22.4 Å². The van der Waals surface area contributed by atoms with Gasteiger partial charge in [0.05, 0.1) is 17.7 Å². The number of nitrogens with zero attached hydrogens (tertiary/aromatic N) is 3. The largest absolute Gasteiger partial charge is 0.490 e. The number of ether oxygens (including phenoxy) is 1. The zero-order valence-corrected chi connectivity index (χ0v) is 16.2. The van der Waals surface area contributed by atoms with Crippen molar-refractivity contribution in [3.05, 3.63) is 63.2 Å². The summed E-state index contributed by atoms with van der Waals surface area (Å²) in [4.78, 5) is 29.7. The van der Waals surface area contributed by atoms with E-state index in [9.17, 15) is 14.9 Å². The maximum atomic E-state index is 13.0. The Morgan fingerprint density at radius 2 is 2.04 bits per heavy atom. The van der Waals surface area contributed by atoms with Gasteiger partial charge in [0, 0.05) is 28.4 Å². The predicted molar refractivity (Wildman–Crippen MR) is 106 cm³/mol. The number of rotatable bonds is 4. The van der Waals surface area contributed by atoms with Gasteiger partial charge in [-0.2, -0.15) is 0 Å². The molecule has 140 valence electrons. The van der Waals surface area contributed by atoms with E-state index in [1.165, 1.54) is 42.0 Å². The lowest BCUT2D eigenvalue weighted by atomic mass is 10.1. The van der Waals surface area contributed by atoms with Crippen molar-refractivity contribution in [3.63, 3.8) is 0 Å². The standard InChI is InChI=1S/C18H16ClN3O4S/c1-11-10-21(18(27-11)20-14-6-4-13(19)5-7-14)17(23)12-3-8-16(26-2)15(9-12)22(24)25/h3-9,11H,10H2,1-2H3/t11-/m0/s1. The van der Waals surface area contributed by atoms with Gasteiger partial charge in [0.2, 0.25) is 0 Å². The van der Waals surface area contributed by atoms with Crippen molar-refractivity contribution < 1.29 is 14.5 Å². The van der Waals surface area contributed by atoms with E-state index in [-0.39, 0.29) is 28.2 Å². The molecule has 0 N–H and O–H groups in total. The van der Waals surface area contributed by atoms with Gasteiger partial charge >= 0.3 is 5.69 Å². The summed E-state index contributed by atoms with van der Waals surface area (Å²) in [5.41, 5.74) is 0.634. The minimum absolute atomic E-state index is 0.107. The Kier molecular flexibility index (Phi) is 5.67. The summed E-state index contributed by atoms with van der Waals surface area (Å²) in [7, 11) is 1.35. The molecule has 1 aliphatic rings. The van der Waals surface area contributed by atoms with Crippen LogP contribution in [-0.4, -0.2) is 39.8 Å². The molecule has 2 aromatic rings. The Morgan fingerprint density at radius 1 is 1.33 bits per heavy atom. The first kappa shape index (κ1) is 19.2. The zero-order valence-electron chi connectivity index (χ0n) is 14.6. The van der Waals surface area contributed by atoms with Crippen LogP contribution in [0.2, 0.25) is 5.02 Å². The molecule has 0 bridgehead atoms. The molecule has 0 spiro atoms. The smallest absolute Gasteiger partial charge is 0.311 e. The molecule has 27 heavy (non-hydrogen) atoms. The van der Waals surface area contributed by atoms with Gasteiger partial charge in [-0.3, -0.25) is 19.8 Å². The zero-order chi connectivity index (χ0) is 19.6. The number of methoxy groups -OCH3 is 1. The fourth-order valence-corrected chi connectivity index (χ4v) is 3.77. The molecule has 1 atom stereocenters. The van der Waals surface area contributed by atoms with E-state index in [4.69, 9.17) is 16.3 Å². The number of hydrogen-bond donors (Lipinski definition) is 0. The van der Waals surface area contributed by atoms with Crippen LogP contribution >= 0.6 is 23.4 Å². The van der Waals surface area contributed by atoms with Crippen LogP contribution in [0.4, 0.5) is 11.4 Å². The van der Waals surface area contributed by atoms with Crippen LogP contribution in [0.15, 0.2) is 47.5 Å².